The highest BCUT2D eigenvalue weighted by Gasteiger charge is 2.20. The molecule has 0 radical (unpaired) electrons. The minimum absolute atomic E-state index is 0.203. The van der Waals surface area contributed by atoms with Crippen molar-refractivity contribution >= 4 is 39.4 Å². The lowest BCUT2D eigenvalue weighted by atomic mass is 9.94. The van der Waals surface area contributed by atoms with Gasteiger partial charge in [-0.15, -0.1) is 0 Å². The van der Waals surface area contributed by atoms with Crippen LogP contribution < -0.4 is 5.73 Å². The maximum Gasteiger partial charge on any atom is 0.133 e. The molecule has 0 spiro atoms. The number of hydrogen-bond acceptors (Lipinski definition) is 3. The highest BCUT2D eigenvalue weighted by Crippen LogP contribution is 2.41. The first kappa shape index (κ1) is 22.2. The molecule has 4 aromatic rings. The van der Waals surface area contributed by atoms with E-state index < -0.39 is 0 Å². The summed E-state index contributed by atoms with van der Waals surface area (Å²) >= 11 is 0. The summed E-state index contributed by atoms with van der Waals surface area (Å²) in [6.07, 6.45) is 18.8. The standard InChI is InChI=1S/C32H29N3O/c33-27-17-9-7-15-25(27)31(23-13-5-2-6-14-23)34-21-35-28-18-10-8-16-26(28)30-29(35)20-19-24(32(30)36)22-11-3-1-4-12-22/h1,3,5,7-11,13-21,31,36H,2,4,6,12,33H2/b34-21+. The van der Waals surface area contributed by atoms with Gasteiger partial charge in [-0.1, -0.05) is 72.9 Å². The maximum atomic E-state index is 11.5. The van der Waals surface area contributed by atoms with Crippen LogP contribution in [0.3, 0.4) is 0 Å². The molecule has 1 atom stereocenters. The van der Waals surface area contributed by atoms with Gasteiger partial charge in [-0.25, -0.2) is 0 Å². The SMILES string of the molecule is Nc1ccccc1C(/N=C/n1c2ccccc2c2c(O)c(C3=CC=CCC3)ccc21)C1=CCCC=C1. The second-order valence-corrected chi connectivity index (χ2v) is 9.38. The zero-order valence-electron chi connectivity index (χ0n) is 20.1. The molecule has 178 valence electrons. The van der Waals surface area contributed by atoms with Gasteiger partial charge >= 0.3 is 0 Å². The third kappa shape index (κ3) is 3.85. The Morgan fingerprint density at radius 3 is 2.58 bits per heavy atom. The van der Waals surface area contributed by atoms with E-state index in [-0.39, 0.29) is 6.04 Å². The summed E-state index contributed by atoms with van der Waals surface area (Å²) in [7, 11) is 0. The van der Waals surface area contributed by atoms with Gasteiger partial charge in [-0.2, -0.15) is 0 Å². The normalized spacial score (nSPS) is 16.6. The van der Waals surface area contributed by atoms with Gasteiger partial charge in [0, 0.05) is 22.2 Å². The van der Waals surface area contributed by atoms with E-state index in [0.717, 1.165) is 75.4 Å². The van der Waals surface area contributed by atoms with Crippen molar-refractivity contribution in [3.05, 3.63) is 114 Å². The van der Waals surface area contributed by atoms with Crippen LogP contribution in [0.1, 0.15) is 42.9 Å². The lowest BCUT2D eigenvalue weighted by molar-refractivity contribution is 0.480. The molecule has 0 amide bonds. The first-order valence-corrected chi connectivity index (χ1v) is 12.6. The Kier molecular flexibility index (Phi) is 5.78. The molecule has 1 unspecified atom stereocenters. The number of phenolic OH excluding ortho intramolecular Hbond substituents is 1. The van der Waals surface area contributed by atoms with E-state index in [9.17, 15) is 5.11 Å². The molecule has 3 aromatic carbocycles. The molecule has 6 rings (SSSR count). The molecule has 1 aromatic heterocycles. The minimum Gasteiger partial charge on any atom is -0.507 e. The zero-order chi connectivity index (χ0) is 24.5. The van der Waals surface area contributed by atoms with Crippen LogP contribution in [0.15, 0.2) is 108 Å². The second kappa shape index (κ2) is 9.38. The van der Waals surface area contributed by atoms with Crippen LogP contribution in [0.2, 0.25) is 0 Å². The number of nitrogens with zero attached hydrogens (tertiary/aromatic N) is 2. The summed E-state index contributed by atoms with van der Waals surface area (Å²) in [5, 5.41) is 13.3. The molecule has 1 heterocycles. The number of hydrogen-bond donors (Lipinski definition) is 2. The molecular formula is C32H29N3O. The van der Waals surface area contributed by atoms with E-state index in [1.54, 1.807) is 0 Å². The van der Waals surface area contributed by atoms with E-state index in [1.165, 1.54) is 0 Å². The number of para-hydroxylation sites is 2. The number of allylic oxidation sites excluding steroid dienone is 6. The molecule has 2 aliphatic carbocycles. The van der Waals surface area contributed by atoms with Crippen LogP contribution >= 0.6 is 0 Å². The molecule has 36 heavy (non-hydrogen) atoms. The summed E-state index contributed by atoms with van der Waals surface area (Å²) < 4.78 is 2.09. The van der Waals surface area contributed by atoms with Crippen LogP contribution in [0.25, 0.3) is 27.4 Å². The van der Waals surface area contributed by atoms with Gasteiger partial charge in [-0.05, 0) is 61.1 Å². The van der Waals surface area contributed by atoms with Crippen LogP contribution in [0.4, 0.5) is 5.69 Å². The highest BCUT2D eigenvalue weighted by molar-refractivity contribution is 6.15. The zero-order valence-corrected chi connectivity index (χ0v) is 20.1. The third-order valence-corrected chi connectivity index (χ3v) is 7.17. The topological polar surface area (TPSA) is 63.5 Å². The molecule has 0 saturated carbocycles. The van der Waals surface area contributed by atoms with Gasteiger partial charge in [0.1, 0.15) is 11.8 Å². The number of nitrogen functional groups attached to an aromatic ring is 1. The van der Waals surface area contributed by atoms with E-state index in [0.29, 0.717) is 5.75 Å². The number of rotatable bonds is 5. The van der Waals surface area contributed by atoms with Gasteiger partial charge in [0.2, 0.25) is 0 Å². The number of aliphatic imine (C=N–C) groups is 1. The van der Waals surface area contributed by atoms with Gasteiger partial charge in [-0.3, -0.25) is 9.56 Å². The Bertz CT molecular complexity index is 1610. The van der Waals surface area contributed by atoms with E-state index >= 15 is 0 Å². The fraction of sp³-hybridized carbons (Fsp3) is 0.156. The first-order valence-electron chi connectivity index (χ1n) is 12.6. The van der Waals surface area contributed by atoms with Gasteiger partial charge in [0.15, 0.2) is 0 Å². The lowest BCUT2D eigenvalue weighted by Gasteiger charge is -2.18. The first-order chi connectivity index (χ1) is 17.7. The Morgan fingerprint density at radius 1 is 0.917 bits per heavy atom. The van der Waals surface area contributed by atoms with Gasteiger partial charge < -0.3 is 10.8 Å². The average molecular weight is 472 g/mol. The number of phenols is 1. The van der Waals surface area contributed by atoms with Crippen LogP contribution in [0.5, 0.6) is 5.75 Å². The third-order valence-electron chi connectivity index (χ3n) is 7.17. The van der Waals surface area contributed by atoms with Crippen LogP contribution in [-0.2, 0) is 0 Å². The smallest absolute Gasteiger partial charge is 0.133 e. The van der Waals surface area contributed by atoms with E-state index in [4.69, 9.17) is 10.7 Å². The largest absolute Gasteiger partial charge is 0.507 e. The number of benzene rings is 3. The monoisotopic (exact) mass is 471 g/mol. The molecule has 3 N–H and O–H groups in total. The van der Waals surface area contributed by atoms with Crippen molar-refractivity contribution in [3.8, 4) is 5.75 Å². The molecule has 4 nitrogen and oxygen atoms in total. The Morgan fingerprint density at radius 2 is 1.78 bits per heavy atom. The van der Waals surface area contributed by atoms with Crippen LogP contribution in [0, 0.1) is 0 Å². The van der Waals surface area contributed by atoms with Crippen molar-refractivity contribution in [2.75, 3.05) is 5.73 Å². The van der Waals surface area contributed by atoms with Crippen LogP contribution in [-0.4, -0.2) is 16.0 Å². The Hall–Kier alpha value is -4.31. The average Bonchev–Trinajstić information content (AvgIpc) is 3.25. The molecule has 0 fully saturated rings. The number of fused-ring (bicyclic) bond motifs is 3. The molecule has 0 saturated heterocycles. The maximum absolute atomic E-state index is 11.5. The molecular weight excluding hydrogens is 442 g/mol. The predicted molar refractivity (Wildman–Crippen MR) is 151 cm³/mol. The highest BCUT2D eigenvalue weighted by atomic mass is 16.3. The summed E-state index contributed by atoms with van der Waals surface area (Å²) in [4.78, 5) is 5.10. The van der Waals surface area contributed by atoms with Crippen molar-refractivity contribution in [1.29, 1.82) is 0 Å². The fourth-order valence-electron chi connectivity index (χ4n) is 5.36. The van der Waals surface area contributed by atoms with Gasteiger partial charge in [0.25, 0.3) is 0 Å². The number of aromatic nitrogens is 1. The second-order valence-electron chi connectivity index (χ2n) is 9.38. The van der Waals surface area contributed by atoms with Crippen molar-refractivity contribution in [2.45, 2.75) is 31.7 Å². The molecule has 0 aliphatic heterocycles. The summed E-state index contributed by atoms with van der Waals surface area (Å²) in [6.45, 7) is 0. The quantitative estimate of drug-likeness (QED) is 0.178. The van der Waals surface area contributed by atoms with Gasteiger partial charge in [0.05, 0.1) is 22.8 Å². The van der Waals surface area contributed by atoms with E-state index in [1.807, 2.05) is 42.7 Å². The van der Waals surface area contributed by atoms with Crippen molar-refractivity contribution in [2.24, 2.45) is 4.99 Å². The molecule has 2 aliphatic rings. The van der Waals surface area contributed by atoms with Crippen molar-refractivity contribution in [1.82, 2.24) is 4.57 Å². The fourth-order valence-corrected chi connectivity index (χ4v) is 5.36. The molecule has 0 bridgehead atoms. The van der Waals surface area contributed by atoms with E-state index in [2.05, 4.69) is 65.3 Å². The number of anilines is 1. The minimum atomic E-state index is -0.203. The van der Waals surface area contributed by atoms with Crippen molar-refractivity contribution < 1.29 is 5.11 Å². The van der Waals surface area contributed by atoms with Crippen molar-refractivity contribution in [3.63, 3.8) is 0 Å². The number of nitrogens with two attached hydrogens (primary N) is 1. The number of aromatic hydroxyl groups is 1. The molecule has 4 heteroatoms. The summed E-state index contributed by atoms with van der Waals surface area (Å²) in [6, 6.07) is 20.1. The predicted octanol–water partition coefficient (Wildman–Crippen LogP) is 7.71. The summed E-state index contributed by atoms with van der Waals surface area (Å²) in [5.74, 6) is 0.333. The lowest BCUT2D eigenvalue weighted by Crippen LogP contribution is -2.06. The Labute approximate surface area is 211 Å². The Balaban J connectivity index is 1.52. The summed E-state index contributed by atoms with van der Waals surface area (Å²) in [5.41, 5.74) is 13.3.